The van der Waals surface area contributed by atoms with Gasteiger partial charge < -0.3 is 16.2 Å². The molecule has 0 aliphatic carbocycles. The number of carbonyl (C=O) groups is 1. The summed E-state index contributed by atoms with van der Waals surface area (Å²) in [5.41, 5.74) is 13.5. The molecule has 5 N–H and O–H groups in total. The summed E-state index contributed by atoms with van der Waals surface area (Å²) in [4.78, 5) is 14.1. The smallest absolute Gasteiger partial charge is 0.220 e. The van der Waals surface area contributed by atoms with Gasteiger partial charge in [-0.3, -0.25) is 10.1 Å². The van der Waals surface area contributed by atoms with Gasteiger partial charge in [0, 0.05) is 17.9 Å². The van der Waals surface area contributed by atoms with E-state index < -0.39 is 6.23 Å². The van der Waals surface area contributed by atoms with Crippen molar-refractivity contribution in [2.24, 2.45) is 10.8 Å². The van der Waals surface area contributed by atoms with Crippen molar-refractivity contribution >= 4 is 5.91 Å². The zero-order valence-electron chi connectivity index (χ0n) is 10.7. The first-order chi connectivity index (χ1) is 8.65. The Morgan fingerprint density at radius 1 is 1.56 bits per heavy atom. The fourth-order valence-electron chi connectivity index (χ4n) is 1.49. The van der Waals surface area contributed by atoms with Gasteiger partial charge in [-0.05, 0) is 32.0 Å². The fourth-order valence-corrected chi connectivity index (χ4v) is 1.49. The van der Waals surface area contributed by atoms with Gasteiger partial charge in [-0.15, -0.1) is 0 Å². The summed E-state index contributed by atoms with van der Waals surface area (Å²) in [5.74, 6) is -0.241. The van der Waals surface area contributed by atoms with Gasteiger partial charge in [-0.2, -0.15) is 0 Å². The zero-order chi connectivity index (χ0) is 13.8. The van der Waals surface area contributed by atoms with E-state index in [4.69, 9.17) is 11.3 Å². The number of unbranched alkanes of at least 4 members (excludes halogenated alkanes) is 1. The Labute approximate surface area is 107 Å². The first kappa shape index (κ1) is 16.7. The van der Waals surface area contributed by atoms with E-state index in [0.717, 1.165) is 12.8 Å². The molecule has 0 fully saturated rings. The minimum atomic E-state index is -0.800. The molecule has 8 nitrogen and oxygen atoms in total. The van der Waals surface area contributed by atoms with Gasteiger partial charge in [-0.25, -0.2) is 0 Å². The summed E-state index contributed by atoms with van der Waals surface area (Å²) in [6.07, 6.45) is 1.64. The monoisotopic (exact) mass is 258 g/mol. The van der Waals surface area contributed by atoms with Gasteiger partial charge in [0.15, 0.2) is 0 Å². The number of aliphatic hydroxyl groups excluding tert-OH is 1. The molecule has 2 unspecified atom stereocenters. The van der Waals surface area contributed by atoms with Gasteiger partial charge in [0.1, 0.15) is 6.23 Å². The standard InChI is InChI=1S/C10H22N6O2/c1-13-10(18)8(4-2-3-6-11)15-9(17)5-7-14-16-12/h8,10,13,18H,2-7,11H2,1H3,(H,15,17). The summed E-state index contributed by atoms with van der Waals surface area (Å²) < 4.78 is 0. The Kier molecular flexibility index (Phi) is 9.99. The summed E-state index contributed by atoms with van der Waals surface area (Å²) in [6, 6.07) is -0.361. The van der Waals surface area contributed by atoms with Gasteiger partial charge in [-0.1, -0.05) is 11.5 Å². The lowest BCUT2D eigenvalue weighted by Crippen LogP contribution is -2.49. The van der Waals surface area contributed by atoms with E-state index in [1.807, 2.05) is 0 Å². The topological polar surface area (TPSA) is 136 Å². The van der Waals surface area contributed by atoms with Crippen LogP contribution in [0.3, 0.4) is 0 Å². The maximum atomic E-state index is 11.5. The molecule has 0 bridgehead atoms. The number of nitrogens with one attached hydrogen (secondary N) is 2. The number of aliphatic hydroxyl groups is 1. The van der Waals surface area contributed by atoms with Crippen molar-refractivity contribution < 1.29 is 9.90 Å². The molecule has 0 aromatic rings. The number of nitrogens with two attached hydrogens (primary N) is 1. The zero-order valence-corrected chi connectivity index (χ0v) is 10.7. The molecular weight excluding hydrogens is 236 g/mol. The molecule has 0 rings (SSSR count). The number of hydrogen-bond donors (Lipinski definition) is 4. The number of nitrogens with zero attached hydrogens (tertiary/aromatic N) is 3. The normalized spacial score (nSPS) is 13.5. The summed E-state index contributed by atoms with van der Waals surface area (Å²) >= 11 is 0. The van der Waals surface area contributed by atoms with E-state index in [9.17, 15) is 9.90 Å². The van der Waals surface area contributed by atoms with Crippen LogP contribution in [0.1, 0.15) is 25.7 Å². The highest BCUT2D eigenvalue weighted by atomic mass is 16.3. The quantitative estimate of drug-likeness (QED) is 0.142. The van der Waals surface area contributed by atoms with E-state index in [1.165, 1.54) is 0 Å². The molecule has 8 heteroatoms. The Bertz CT molecular complexity index is 280. The second-order valence-corrected chi connectivity index (χ2v) is 3.90. The van der Waals surface area contributed by atoms with Crippen LogP contribution in [0.25, 0.3) is 10.4 Å². The molecule has 0 saturated carbocycles. The molecule has 0 aromatic carbocycles. The Morgan fingerprint density at radius 3 is 2.83 bits per heavy atom. The van der Waals surface area contributed by atoms with Crippen LogP contribution in [0, 0.1) is 0 Å². The number of carbonyl (C=O) groups excluding carboxylic acids is 1. The average Bonchev–Trinajstić information content (AvgIpc) is 2.37. The minimum absolute atomic E-state index is 0.119. The first-order valence-corrected chi connectivity index (χ1v) is 6.01. The molecular formula is C10H22N6O2. The Hall–Kier alpha value is -1.34. The molecule has 18 heavy (non-hydrogen) atoms. The van der Waals surface area contributed by atoms with Crippen LogP contribution in [0.2, 0.25) is 0 Å². The van der Waals surface area contributed by atoms with E-state index in [2.05, 4.69) is 20.7 Å². The molecule has 0 aliphatic rings. The van der Waals surface area contributed by atoms with Crippen LogP contribution in [0.15, 0.2) is 5.11 Å². The van der Waals surface area contributed by atoms with Gasteiger partial charge in [0.25, 0.3) is 0 Å². The van der Waals surface area contributed by atoms with Crippen molar-refractivity contribution in [3.8, 4) is 0 Å². The lowest BCUT2D eigenvalue weighted by atomic mass is 10.1. The van der Waals surface area contributed by atoms with Gasteiger partial charge in [0.05, 0.1) is 6.04 Å². The van der Waals surface area contributed by atoms with Crippen molar-refractivity contribution in [1.82, 2.24) is 10.6 Å². The Balaban J connectivity index is 4.12. The molecule has 2 atom stereocenters. The second-order valence-electron chi connectivity index (χ2n) is 3.90. The maximum absolute atomic E-state index is 11.5. The SMILES string of the molecule is CNC(O)C(CCCCN)NC(=O)CCN=[N+]=[N-]. The number of azide groups is 1. The second kappa shape index (κ2) is 10.8. The van der Waals surface area contributed by atoms with Crippen LogP contribution in [0.4, 0.5) is 0 Å². The van der Waals surface area contributed by atoms with Crippen molar-refractivity contribution in [1.29, 1.82) is 0 Å². The molecule has 0 aliphatic heterocycles. The van der Waals surface area contributed by atoms with Crippen LogP contribution < -0.4 is 16.4 Å². The lowest BCUT2D eigenvalue weighted by Gasteiger charge is -2.23. The average molecular weight is 258 g/mol. The molecule has 0 aromatic heterocycles. The highest BCUT2D eigenvalue weighted by molar-refractivity contribution is 5.76. The minimum Gasteiger partial charge on any atom is -0.376 e. The fraction of sp³-hybridized carbons (Fsp3) is 0.900. The summed E-state index contributed by atoms with van der Waals surface area (Å²) in [5, 5.41) is 18.4. The van der Waals surface area contributed by atoms with Crippen LogP contribution in [0.5, 0.6) is 0 Å². The highest BCUT2D eigenvalue weighted by Gasteiger charge is 2.18. The van der Waals surface area contributed by atoms with Crippen molar-refractivity contribution in [2.75, 3.05) is 20.1 Å². The summed E-state index contributed by atoms with van der Waals surface area (Å²) in [6.45, 7) is 0.709. The third-order valence-corrected chi connectivity index (χ3v) is 2.49. The molecule has 0 saturated heterocycles. The lowest BCUT2D eigenvalue weighted by molar-refractivity contribution is -0.122. The van der Waals surface area contributed by atoms with E-state index in [-0.39, 0.29) is 24.9 Å². The molecule has 1 amide bonds. The van der Waals surface area contributed by atoms with Crippen molar-refractivity contribution in [3.63, 3.8) is 0 Å². The predicted molar refractivity (Wildman–Crippen MR) is 68.5 cm³/mol. The van der Waals surface area contributed by atoms with Crippen molar-refractivity contribution in [2.45, 2.75) is 38.0 Å². The third kappa shape index (κ3) is 7.86. The summed E-state index contributed by atoms with van der Waals surface area (Å²) in [7, 11) is 1.62. The predicted octanol–water partition coefficient (Wildman–Crippen LogP) is -0.162. The first-order valence-electron chi connectivity index (χ1n) is 6.01. The third-order valence-electron chi connectivity index (χ3n) is 2.49. The van der Waals surface area contributed by atoms with Crippen LogP contribution in [-0.4, -0.2) is 43.4 Å². The van der Waals surface area contributed by atoms with Crippen LogP contribution >= 0.6 is 0 Å². The highest BCUT2D eigenvalue weighted by Crippen LogP contribution is 2.04. The number of likely N-dealkylation sites (N-methyl/N-ethyl adjacent to an activating group) is 1. The largest absolute Gasteiger partial charge is 0.376 e. The van der Waals surface area contributed by atoms with Crippen LogP contribution in [-0.2, 0) is 4.79 Å². The van der Waals surface area contributed by atoms with E-state index in [0.29, 0.717) is 13.0 Å². The van der Waals surface area contributed by atoms with Gasteiger partial charge in [0.2, 0.25) is 5.91 Å². The number of amides is 1. The van der Waals surface area contributed by atoms with Gasteiger partial charge >= 0.3 is 0 Å². The molecule has 104 valence electrons. The maximum Gasteiger partial charge on any atom is 0.220 e. The van der Waals surface area contributed by atoms with E-state index >= 15 is 0 Å². The van der Waals surface area contributed by atoms with E-state index in [1.54, 1.807) is 7.05 Å². The number of hydrogen-bond acceptors (Lipinski definition) is 5. The number of rotatable bonds is 10. The Morgan fingerprint density at radius 2 is 2.28 bits per heavy atom. The molecule has 0 heterocycles. The molecule has 0 radical (unpaired) electrons. The molecule has 0 spiro atoms. The van der Waals surface area contributed by atoms with Crippen molar-refractivity contribution in [3.05, 3.63) is 10.4 Å².